The van der Waals surface area contributed by atoms with Gasteiger partial charge in [0.05, 0.1) is 11.0 Å². The minimum absolute atomic E-state index is 0.215. The van der Waals surface area contributed by atoms with Crippen LogP contribution in [0.4, 0.5) is 4.39 Å². The minimum atomic E-state index is -0.215. The van der Waals surface area contributed by atoms with Crippen molar-refractivity contribution in [3.05, 3.63) is 29.8 Å². The van der Waals surface area contributed by atoms with Crippen LogP contribution in [0.1, 0.15) is 18.7 Å². The van der Waals surface area contributed by atoms with E-state index in [0.717, 1.165) is 48.7 Å². The summed E-state index contributed by atoms with van der Waals surface area (Å²) >= 11 is 0. The van der Waals surface area contributed by atoms with Gasteiger partial charge in [0, 0.05) is 6.42 Å². The van der Waals surface area contributed by atoms with Crippen LogP contribution in [-0.2, 0) is 6.42 Å². The van der Waals surface area contributed by atoms with Crippen molar-refractivity contribution >= 4 is 11.0 Å². The molecule has 17 heavy (non-hydrogen) atoms. The van der Waals surface area contributed by atoms with Gasteiger partial charge in [0.15, 0.2) is 0 Å². The van der Waals surface area contributed by atoms with E-state index in [-0.39, 0.29) is 5.82 Å². The summed E-state index contributed by atoms with van der Waals surface area (Å²) in [6, 6.07) is 4.68. The summed E-state index contributed by atoms with van der Waals surface area (Å²) in [6.07, 6.45) is 3.35. The number of hydrogen-bond donors (Lipinski definition) is 2. The smallest absolute Gasteiger partial charge is 0.125 e. The lowest BCUT2D eigenvalue weighted by atomic mass is 10.0. The van der Waals surface area contributed by atoms with Crippen LogP contribution in [0.2, 0.25) is 0 Å². The first kappa shape index (κ1) is 10.7. The van der Waals surface area contributed by atoms with Gasteiger partial charge in [-0.05, 0) is 50.0 Å². The molecule has 1 aliphatic heterocycles. The van der Waals surface area contributed by atoms with Crippen molar-refractivity contribution < 1.29 is 4.39 Å². The van der Waals surface area contributed by atoms with E-state index >= 15 is 0 Å². The van der Waals surface area contributed by atoms with Crippen LogP contribution in [0, 0.1) is 11.7 Å². The lowest BCUT2D eigenvalue weighted by Gasteiger charge is -2.05. The molecule has 0 aliphatic carbocycles. The Bertz CT molecular complexity index is 514. The fourth-order valence-electron chi connectivity index (χ4n) is 2.45. The summed E-state index contributed by atoms with van der Waals surface area (Å²) in [5.41, 5.74) is 1.65. The Morgan fingerprint density at radius 1 is 1.41 bits per heavy atom. The predicted molar refractivity (Wildman–Crippen MR) is 65.3 cm³/mol. The van der Waals surface area contributed by atoms with E-state index in [9.17, 15) is 4.39 Å². The molecule has 1 saturated heterocycles. The molecule has 1 aromatic carbocycles. The van der Waals surface area contributed by atoms with Gasteiger partial charge in [0.1, 0.15) is 11.6 Å². The van der Waals surface area contributed by atoms with Crippen molar-refractivity contribution in [2.45, 2.75) is 19.3 Å². The van der Waals surface area contributed by atoms with Gasteiger partial charge in [-0.1, -0.05) is 0 Å². The number of nitrogens with zero attached hydrogens (tertiary/aromatic N) is 1. The first-order chi connectivity index (χ1) is 8.31. The van der Waals surface area contributed by atoms with Crippen LogP contribution in [0.5, 0.6) is 0 Å². The lowest BCUT2D eigenvalue weighted by molar-refractivity contribution is 0.526. The number of aromatic nitrogens is 2. The molecule has 2 heterocycles. The Balaban J connectivity index is 1.72. The number of imidazole rings is 1. The van der Waals surface area contributed by atoms with Gasteiger partial charge in [0.2, 0.25) is 0 Å². The summed E-state index contributed by atoms with van der Waals surface area (Å²) in [6.45, 7) is 2.25. The number of hydrogen-bond acceptors (Lipinski definition) is 2. The van der Waals surface area contributed by atoms with Gasteiger partial charge in [-0.15, -0.1) is 0 Å². The second-order valence-corrected chi connectivity index (χ2v) is 4.74. The summed E-state index contributed by atoms with van der Waals surface area (Å²) in [7, 11) is 0. The molecule has 0 amide bonds. The monoisotopic (exact) mass is 233 g/mol. The normalized spacial score (nSPS) is 20.2. The molecule has 4 heteroatoms. The highest BCUT2D eigenvalue weighted by molar-refractivity contribution is 5.74. The number of rotatable bonds is 3. The van der Waals surface area contributed by atoms with Crippen molar-refractivity contribution in [3.63, 3.8) is 0 Å². The Morgan fingerprint density at radius 2 is 2.35 bits per heavy atom. The third-order valence-corrected chi connectivity index (χ3v) is 3.44. The van der Waals surface area contributed by atoms with Crippen LogP contribution in [-0.4, -0.2) is 23.1 Å². The first-order valence-corrected chi connectivity index (χ1v) is 6.16. The summed E-state index contributed by atoms with van der Waals surface area (Å²) < 4.78 is 13.0. The SMILES string of the molecule is Fc1ccc2nc(CCC3CCNC3)[nH]c2c1. The van der Waals surface area contributed by atoms with Gasteiger partial charge < -0.3 is 10.3 Å². The average Bonchev–Trinajstić information content (AvgIpc) is 2.94. The highest BCUT2D eigenvalue weighted by Gasteiger charge is 2.14. The van der Waals surface area contributed by atoms with Crippen LogP contribution in [0.3, 0.4) is 0 Å². The van der Waals surface area contributed by atoms with Gasteiger partial charge in [-0.25, -0.2) is 9.37 Å². The van der Waals surface area contributed by atoms with Crippen molar-refractivity contribution in [1.29, 1.82) is 0 Å². The zero-order valence-electron chi connectivity index (χ0n) is 9.67. The molecule has 2 aromatic rings. The molecule has 90 valence electrons. The zero-order valence-corrected chi connectivity index (χ0v) is 9.67. The molecule has 3 rings (SSSR count). The summed E-state index contributed by atoms with van der Waals surface area (Å²) in [4.78, 5) is 7.66. The van der Waals surface area contributed by atoms with Gasteiger partial charge in [-0.2, -0.15) is 0 Å². The molecular weight excluding hydrogens is 217 g/mol. The maximum absolute atomic E-state index is 13.0. The maximum atomic E-state index is 13.0. The largest absolute Gasteiger partial charge is 0.342 e. The van der Waals surface area contributed by atoms with E-state index in [0.29, 0.717) is 0 Å². The van der Waals surface area contributed by atoms with Gasteiger partial charge >= 0.3 is 0 Å². The molecule has 1 atom stereocenters. The van der Waals surface area contributed by atoms with E-state index in [1.54, 1.807) is 6.07 Å². The number of halogens is 1. The highest BCUT2D eigenvalue weighted by Crippen LogP contribution is 2.17. The Labute approximate surface area is 99.4 Å². The fraction of sp³-hybridized carbons (Fsp3) is 0.462. The number of H-pyrrole nitrogens is 1. The van der Waals surface area contributed by atoms with E-state index < -0.39 is 0 Å². The Morgan fingerprint density at radius 3 is 3.18 bits per heavy atom. The number of aromatic amines is 1. The van der Waals surface area contributed by atoms with E-state index in [1.165, 1.54) is 18.6 Å². The number of fused-ring (bicyclic) bond motifs is 1. The van der Waals surface area contributed by atoms with E-state index in [4.69, 9.17) is 0 Å². The zero-order chi connectivity index (χ0) is 11.7. The average molecular weight is 233 g/mol. The molecule has 0 bridgehead atoms. The summed E-state index contributed by atoms with van der Waals surface area (Å²) in [5, 5.41) is 3.36. The second kappa shape index (κ2) is 4.45. The topological polar surface area (TPSA) is 40.7 Å². The van der Waals surface area contributed by atoms with Crippen LogP contribution in [0.15, 0.2) is 18.2 Å². The second-order valence-electron chi connectivity index (χ2n) is 4.74. The van der Waals surface area contributed by atoms with Crippen molar-refractivity contribution in [2.24, 2.45) is 5.92 Å². The van der Waals surface area contributed by atoms with E-state index in [1.807, 2.05) is 0 Å². The third kappa shape index (κ3) is 2.31. The predicted octanol–water partition coefficient (Wildman–Crippen LogP) is 2.24. The first-order valence-electron chi connectivity index (χ1n) is 6.16. The maximum Gasteiger partial charge on any atom is 0.125 e. The Hall–Kier alpha value is -1.42. The molecule has 0 spiro atoms. The van der Waals surface area contributed by atoms with Crippen LogP contribution in [0.25, 0.3) is 11.0 Å². The lowest BCUT2D eigenvalue weighted by Crippen LogP contribution is -2.09. The number of aryl methyl sites for hydroxylation is 1. The molecule has 1 unspecified atom stereocenters. The van der Waals surface area contributed by atoms with Crippen molar-refractivity contribution in [2.75, 3.05) is 13.1 Å². The minimum Gasteiger partial charge on any atom is -0.342 e. The third-order valence-electron chi connectivity index (χ3n) is 3.44. The quantitative estimate of drug-likeness (QED) is 0.853. The molecule has 1 aromatic heterocycles. The molecule has 0 saturated carbocycles. The molecule has 0 radical (unpaired) electrons. The van der Waals surface area contributed by atoms with Gasteiger partial charge in [0.25, 0.3) is 0 Å². The Kier molecular flexibility index (Phi) is 2.81. The number of benzene rings is 1. The van der Waals surface area contributed by atoms with Crippen molar-refractivity contribution in [1.82, 2.24) is 15.3 Å². The molecule has 1 fully saturated rings. The summed E-state index contributed by atoms with van der Waals surface area (Å²) in [5.74, 6) is 1.52. The fourth-order valence-corrected chi connectivity index (χ4v) is 2.45. The van der Waals surface area contributed by atoms with Crippen LogP contribution < -0.4 is 5.32 Å². The highest BCUT2D eigenvalue weighted by atomic mass is 19.1. The van der Waals surface area contributed by atoms with Crippen LogP contribution >= 0.6 is 0 Å². The molecule has 2 N–H and O–H groups in total. The van der Waals surface area contributed by atoms with Gasteiger partial charge in [-0.3, -0.25) is 0 Å². The van der Waals surface area contributed by atoms with Crippen molar-refractivity contribution in [3.8, 4) is 0 Å². The molecule has 3 nitrogen and oxygen atoms in total. The molecule has 1 aliphatic rings. The number of nitrogens with one attached hydrogen (secondary N) is 2. The molecular formula is C13H16FN3. The van der Waals surface area contributed by atoms with E-state index in [2.05, 4.69) is 15.3 Å². The standard InChI is InChI=1S/C13H16FN3/c14-10-2-3-11-12(7-10)17-13(16-11)4-1-9-5-6-15-8-9/h2-3,7,9,15H,1,4-6,8H2,(H,16,17).